The van der Waals surface area contributed by atoms with E-state index in [9.17, 15) is 4.79 Å². The van der Waals surface area contributed by atoms with Crippen LogP contribution in [-0.4, -0.2) is 22.5 Å². The summed E-state index contributed by atoms with van der Waals surface area (Å²) >= 11 is 0. The van der Waals surface area contributed by atoms with Gasteiger partial charge in [0, 0.05) is 24.4 Å². The average Bonchev–Trinajstić information content (AvgIpc) is 3.16. The topological polar surface area (TPSA) is 46.3 Å². The maximum Gasteiger partial charge on any atom is 0.226 e. The van der Waals surface area contributed by atoms with E-state index >= 15 is 0 Å². The number of carbonyl (C=O) groups excluding carboxylic acids is 1. The molecule has 1 amide bonds. The van der Waals surface area contributed by atoms with E-state index in [1.54, 1.807) is 0 Å². The van der Waals surface area contributed by atoms with Crippen molar-refractivity contribution < 1.29 is 9.32 Å². The Bertz CT molecular complexity index is 489. The number of aromatic nitrogens is 1. The van der Waals surface area contributed by atoms with Gasteiger partial charge >= 0.3 is 0 Å². The highest BCUT2D eigenvalue weighted by Crippen LogP contribution is 2.36. The van der Waals surface area contributed by atoms with Crippen molar-refractivity contribution in [3.63, 3.8) is 0 Å². The molecule has 1 atom stereocenters. The quantitative estimate of drug-likeness (QED) is 0.844. The Morgan fingerprint density at radius 2 is 2.00 bits per heavy atom. The predicted octanol–water partition coefficient (Wildman–Crippen LogP) is 4.04. The summed E-state index contributed by atoms with van der Waals surface area (Å²) in [6.07, 6.45) is 7.92. The van der Waals surface area contributed by atoms with Crippen molar-refractivity contribution in [2.75, 3.05) is 6.54 Å². The van der Waals surface area contributed by atoms with Crippen LogP contribution in [0.3, 0.4) is 0 Å². The fourth-order valence-corrected chi connectivity index (χ4v) is 3.66. The maximum absolute atomic E-state index is 12.8. The Kier molecular flexibility index (Phi) is 4.32. The number of hydrogen-bond acceptors (Lipinski definition) is 3. The Morgan fingerprint density at radius 3 is 2.67 bits per heavy atom. The maximum atomic E-state index is 12.8. The van der Waals surface area contributed by atoms with Crippen molar-refractivity contribution >= 4 is 5.91 Å². The molecule has 1 aromatic heterocycles. The predicted molar refractivity (Wildman–Crippen MR) is 80.9 cm³/mol. The Balaban J connectivity index is 1.73. The van der Waals surface area contributed by atoms with Crippen molar-refractivity contribution in [1.29, 1.82) is 0 Å². The molecule has 0 bridgehead atoms. The first kappa shape index (κ1) is 14.6. The van der Waals surface area contributed by atoms with Crippen molar-refractivity contribution in [2.24, 2.45) is 5.92 Å². The van der Waals surface area contributed by atoms with Gasteiger partial charge in [-0.3, -0.25) is 4.79 Å². The summed E-state index contributed by atoms with van der Waals surface area (Å²) in [6.45, 7) is 5.08. The minimum atomic E-state index is 0.135. The molecule has 116 valence electrons. The standard InChI is InChI=1S/C17H26N2O2/c1-12(2)16-11-14(18-21-16)15-9-6-10-19(15)17(20)13-7-4-3-5-8-13/h11-13,15H,3-10H2,1-2H3. The van der Waals surface area contributed by atoms with Crippen molar-refractivity contribution in [2.45, 2.75) is 70.8 Å². The van der Waals surface area contributed by atoms with Crippen LogP contribution >= 0.6 is 0 Å². The Morgan fingerprint density at radius 1 is 1.24 bits per heavy atom. The molecule has 1 unspecified atom stereocenters. The molecule has 2 fully saturated rings. The molecule has 1 saturated heterocycles. The van der Waals surface area contributed by atoms with Crippen LogP contribution in [-0.2, 0) is 4.79 Å². The van der Waals surface area contributed by atoms with Gasteiger partial charge in [0.1, 0.15) is 11.5 Å². The molecular weight excluding hydrogens is 264 g/mol. The molecule has 0 spiro atoms. The molecule has 0 aromatic carbocycles. The number of likely N-dealkylation sites (tertiary alicyclic amines) is 1. The number of carbonyl (C=O) groups is 1. The van der Waals surface area contributed by atoms with E-state index < -0.39 is 0 Å². The Labute approximate surface area is 126 Å². The molecule has 1 aliphatic carbocycles. The first-order valence-electron chi connectivity index (χ1n) is 8.44. The van der Waals surface area contributed by atoms with Crippen LogP contribution < -0.4 is 0 Å². The third-order valence-electron chi connectivity index (χ3n) is 4.95. The third kappa shape index (κ3) is 2.99. The first-order chi connectivity index (χ1) is 10.2. The second-order valence-corrected chi connectivity index (χ2v) is 6.83. The highest BCUT2D eigenvalue weighted by molar-refractivity contribution is 5.79. The van der Waals surface area contributed by atoms with Crippen LogP contribution in [0.25, 0.3) is 0 Å². The van der Waals surface area contributed by atoms with Gasteiger partial charge in [0.25, 0.3) is 0 Å². The zero-order chi connectivity index (χ0) is 14.8. The first-order valence-corrected chi connectivity index (χ1v) is 8.44. The minimum Gasteiger partial charge on any atom is -0.361 e. The lowest BCUT2D eigenvalue weighted by Crippen LogP contribution is -2.36. The molecule has 1 aliphatic heterocycles. The molecule has 4 heteroatoms. The Hall–Kier alpha value is -1.32. The van der Waals surface area contributed by atoms with Gasteiger partial charge in [-0.1, -0.05) is 38.3 Å². The largest absolute Gasteiger partial charge is 0.361 e. The van der Waals surface area contributed by atoms with E-state index in [1.165, 1.54) is 19.3 Å². The molecule has 0 radical (unpaired) electrons. The second kappa shape index (κ2) is 6.20. The highest BCUT2D eigenvalue weighted by Gasteiger charge is 2.35. The van der Waals surface area contributed by atoms with Gasteiger partial charge in [0.15, 0.2) is 0 Å². The van der Waals surface area contributed by atoms with Crippen LogP contribution in [0, 0.1) is 5.92 Å². The second-order valence-electron chi connectivity index (χ2n) is 6.83. The van der Waals surface area contributed by atoms with Crippen LogP contribution in [0.4, 0.5) is 0 Å². The van der Waals surface area contributed by atoms with E-state index in [-0.39, 0.29) is 12.0 Å². The van der Waals surface area contributed by atoms with Gasteiger partial charge in [-0.25, -0.2) is 0 Å². The molecular formula is C17H26N2O2. The lowest BCUT2D eigenvalue weighted by atomic mass is 9.88. The zero-order valence-corrected chi connectivity index (χ0v) is 13.2. The number of nitrogens with zero attached hydrogens (tertiary/aromatic N) is 2. The van der Waals surface area contributed by atoms with Gasteiger partial charge in [-0.15, -0.1) is 0 Å². The summed E-state index contributed by atoms with van der Waals surface area (Å²) in [5.74, 6) is 1.86. The van der Waals surface area contributed by atoms with Gasteiger partial charge < -0.3 is 9.42 Å². The average molecular weight is 290 g/mol. The fraction of sp³-hybridized carbons (Fsp3) is 0.765. The summed E-state index contributed by atoms with van der Waals surface area (Å²) in [7, 11) is 0. The molecule has 1 aromatic rings. The van der Waals surface area contributed by atoms with Crippen LogP contribution in [0.2, 0.25) is 0 Å². The van der Waals surface area contributed by atoms with Crippen molar-refractivity contribution in [3.05, 3.63) is 17.5 Å². The molecule has 3 rings (SSSR count). The number of hydrogen-bond donors (Lipinski definition) is 0. The summed E-state index contributed by atoms with van der Waals surface area (Å²) in [6, 6.07) is 2.18. The molecule has 0 N–H and O–H groups in total. The van der Waals surface area contributed by atoms with E-state index in [0.717, 1.165) is 43.7 Å². The number of rotatable bonds is 3. The smallest absolute Gasteiger partial charge is 0.226 e. The van der Waals surface area contributed by atoms with Gasteiger partial charge in [-0.2, -0.15) is 0 Å². The lowest BCUT2D eigenvalue weighted by Gasteiger charge is -2.29. The van der Waals surface area contributed by atoms with Crippen LogP contribution in [0.1, 0.15) is 82.2 Å². The fourth-order valence-electron chi connectivity index (χ4n) is 3.66. The van der Waals surface area contributed by atoms with Crippen molar-refractivity contribution in [3.8, 4) is 0 Å². The normalized spacial score (nSPS) is 24.0. The minimum absolute atomic E-state index is 0.135. The van der Waals surface area contributed by atoms with Crippen molar-refractivity contribution in [1.82, 2.24) is 10.1 Å². The molecule has 2 heterocycles. The highest BCUT2D eigenvalue weighted by atomic mass is 16.5. The van der Waals surface area contributed by atoms with E-state index in [4.69, 9.17) is 4.52 Å². The summed E-state index contributed by atoms with van der Waals surface area (Å²) in [5.41, 5.74) is 0.945. The molecule has 1 saturated carbocycles. The van der Waals surface area contributed by atoms with Crippen LogP contribution in [0.15, 0.2) is 10.6 Å². The summed E-state index contributed by atoms with van der Waals surface area (Å²) < 4.78 is 5.42. The van der Waals surface area contributed by atoms with Crippen LogP contribution in [0.5, 0.6) is 0 Å². The molecule has 2 aliphatic rings. The lowest BCUT2D eigenvalue weighted by molar-refractivity contribution is -0.137. The monoisotopic (exact) mass is 290 g/mol. The summed E-state index contributed by atoms with van der Waals surface area (Å²) in [4.78, 5) is 14.9. The SMILES string of the molecule is CC(C)c1cc(C2CCCN2C(=O)C2CCCCC2)no1. The summed E-state index contributed by atoms with van der Waals surface area (Å²) in [5, 5.41) is 4.23. The van der Waals surface area contributed by atoms with Gasteiger partial charge in [-0.05, 0) is 25.7 Å². The van der Waals surface area contributed by atoms with Gasteiger partial charge in [0.05, 0.1) is 6.04 Å². The molecule has 4 nitrogen and oxygen atoms in total. The van der Waals surface area contributed by atoms with E-state index in [2.05, 4.69) is 23.9 Å². The molecule has 21 heavy (non-hydrogen) atoms. The van der Waals surface area contributed by atoms with E-state index in [1.807, 2.05) is 6.07 Å². The van der Waals surface area contributed by atoms with E-state index in [0.29, 0.717) is 11.8 Å². The van der Waals surface area contributed by atoms with Gasteiger partial charge in [0.2, 0.25) is 5.91 Å². The number of amides is 1. The zero-order valence-electron chi connectivity index (χ0n) is 13.2. The third-order valence-corrected chi connectivity index (χ3v) is 4.95.